The second-order valence-electron chi connectivity index (χ2n) is 5.24. The lowest BCUT2D eigenvalue weighted by Gasteiger charge is -2.25. The molecule has 1 rings (SSSR count). The van der Waals surface area contributed by atoms with Crippen molar-refractivity contribution in [3.8, 4) is 0 Å². The Morgan fingerprint density at radius 2 is 1.89 bits per heavy atom. The van der Waals surface area contributed by atoms with E-state index in [-0.39, 0.29) is 12.3 Å². The van der Waals surface area contributed by atoms with E-state index in [4.69, 9.17) is 5.11 Å². The lowest BCUT2D eigenvalue weighted by Crippen LogP contribution is -2.26. The minimum Gasteiger partial charge on any atom is -0.481 e. The minimum absolute atomic E-state index is 0.147. The van der Waals surface area contributed by atoms with Crippen LogP contribution in [0.15, 0.2) is 12.1 Å². The maximum Gasteiger partial charge on any atom is 0.303 e. The molecule has 0 amide bonds. The summed E-state index contributed by atoms with van der Waals surface area (Å²) in [6, 6.07) is 4.24. The molecule has 18 heavy (non-hydrogen) atoms. The quantitative estimate of drug-likeness (QED) is 0.871. The third-order valence-electron chi connectivity index (χ3n) is 3.55. The summed E-state index contributed by atoms with van der Waals surface area (Å²) >= 11 is 0. The van der Waals surface area contributed by atoms with E-state index in [9.17, 15) is 4.79 Å². The summed E-state index contributed by atoms with van der Waals surface area (Å²) in [7, 11) is 2.02. The molecule has 0 aliphatic carbocycles. The van der Waals surface area contributed by atoms with Gasteiger partial charge in [0.2, 0.25) is 0 Å². The molecule has 0 fully saturated rings. The van der Waals surface area contributed by atoms with Gasteiger partial charge in [0.1, 0.15) is 0 Å². The highest BCUT2D eigenvalue weighted by Crippen LogP contribution is 2.25. The van der Waals surface area contributed by atoms with Crippen LogP contribution in [0.2, 0.25) is 0 Å². The number of rotatable bonds is 5. The molecule has 0 aliphatic rings. The van der Waals surface area contributed by atoms with Crippen molar-refractivity contribution in [1.82, 2.24) is 0 Å². The SMILES string of the molecule is Cc1ccc(N(C)CC(C)CC(=O)O)c(C)c1C. The molecule has 0 aromatic heterocycles. The first-order valence-corrected chi connectivity index (χ1v) is 6.32. The highest BCUT2D eigenvalue weighted by atomic mass is 16.4. The van der Waals surface area contributed by atoms with Crippen molar-refractivity contribution >= 4 is 11.7 Å². The van der Waals surface area contributed by atoms with Crippen molar-refractivity contribution < 1.29 is 9.90 Å². The lowest BCUT2D eigenvalue weighted by molar-refractivity contribution is -0.137. The van der Waals surface area contributed by atoms with Crippen LogP contribution in [0, 0.1) is 26.7 Å². The Hall–Kier alpha value is -1.51. The van der Waals surface area contributed by atoms with E-state index in [1.807, 2.05) is 14.0 Å². The number of carboxylic acids is 1. The second kappa shape index (κ2) is 5.89. The third kappa shape index (κ3) is 3.49. The monoisotopic (exact) mass is 249 g/mol. The molecule has 1 atom stereocenters. The number of benzene rings is 1. The molecule has 0 bridgehead atoms. The molecule has 0 saturated carbocycles. The van der Waals surface area contributed by atoms with Crippen LogP contribution in [0.5, 0.6) is 0 Å². The molecule has 3 nitrogen and oxygen atoms in total. The van der Waals surface area contributed by atoms with Gasteiger partial charge in [0.25, 0.3) is 0 Å². The lowest BCUT2D eigenvalue weighted by atomic mass is 10.0. The number of nitrogens with zero attached hydrogens (tertiary/aromatic N) is 1. The Morgan fingerprint density at radius 1 is 1.28 bits per heavy atom. The van der Waals surface area contributed by atoms with Gasteiger partial charge in [0.05, 0.1) is 0 Å². The zero-order chi connectivity index (χ0) is 13.9. The fourth-order valence-electron chi connectivity index (χ4n) is 2.28. The smallest absolute Gasteiger partial charge is 0.303 e. The summed E-state index contributed by atoms with van der Waals surface area (Å²) in [5, 5.41) is 8.78. The summed E-state index contributed by atoms with van der Waals surface area (Å²) in [4.78, 5) is 12.8. The molecule has 0 aliphatic heterocycles. The highest BCUT2D eigenvalue weighted by molar-refractivity contribution is 5.67. The predicted octanol–water partition coefficient (Wildman–Crippen LogP) is 3.16. The molecule has 0 spiro atoms. The molecule has 100 valence electrons. The first-order chi connectivity index (χ1) is 8.32. The Labute approximate surface area is 109 Å². The van der Waals surface area contributed by atoms with Crippen molar-refractivity contribution in [2.24, 2.45) is 5.92 Å². The van der Waals surface area contributed by atoms with Crippen LogP contribution in [-0.4, -0.2) is 24.7 Å². The van der Waals surface area contributed by atoms with Gasteiger partial charge in [0.15, 0.2) is 0 Å². The molecule has 1 unspecified atom stereocenters. The zero-order valence-corrected chi connectivity index (χ0v) is 11.9. The number of carboxylic acid groups (broad SMARTS) is 1. The average Bonchev–Trinajstić information content (AvgIpc) is 2.24. The van der Waals surface area contributed by atoms with Crippen LogP contribution in [-0.2, 0) is 4.79 Å². The molecule has 1 aromatic carbocycles. The molecule has 3 heteroatoms. The summed E-state index contributed by atoms with van der Waals surface area (Å²) < 4.78 is 0. The van der Waals surface area contributed by atoms with Gasteiger partial charge in [-0.25, -0.2) is 0 Å². The number of anilines is 1. The standard InChI is InChI=1S/C15H23NO2/c1-10(8-15(17)18)9-16(5)14-7-6-11(2)12(3)13(14)4/h6-7,10H,8-9H2,1-5H3,(H,17,18). The van der Waals surface area contributed by atoms with Gasteiger partial charge in [-0.15, -0.1) is 0 Å². The summed E-state index contributed by atoms with van der Waals surface area (Å²) in [6.45, 7) is 9.09. The Kier molecular flexibility index (Phi) is 4.76. The van der Waals surface area contributed by atoms with E-state index in [0.717, 1.165) is 6.54 Å². The van der Waals surface area contributed by atoms with Crippen LogP contribution in [0.3, 0.4) is 0 Å². The third-order valence-corrected chi connectivity index (χ3v) is 3.55. The van der Waals surface area contributed by atoms with Gasteiger partial charge in [-0.3, -0.25) is 4.79 Å². The van der Waals surface area contributed by atoms with Crippen molar-refractivity contribution in [3.63, 3.8) is 0 Å². The van der Waals surface area contributed by atoms with Gasteiger partial charge in [-0.1, -0.05) is 13.0 Å². The van der Waals surface area contributed by atoms with Gasteiger partial charge in [-0.05, 0) is 49.4 Å². The summed E-state index contributed by atoms with van der Waals surface area (Å²) in [6.07, 6.45) is 0.216. The van der Waals surface area contributed by atoms with Crippen LogP contribution >= 0.6 is 0 Å². The van der Waals surface area contributed by atoms with E-state index in [0.29, 0.717) is 0 Å². The van der Waals surface area contributed by atoms with Crippen LogP contribution < -0.4 is 4.90 Å². The largest absolute Gasteiger partial charge is 0.481 e. The van der Waals surface area contributed by atoms with Crippen LogP contribution in [0.4, 0.5) is 5.69 Å². The Morgan fingerprint density at radius 3 is 2.44 bits per heavy atom. The Balaban J connectivity index is 2.81. The summed E-state index contributed by atoms with van der Waals surface area (Å²) in [5.74, 6) is -0.582. The van der Waals surface area contributed by atoms with E-state index >= 15 is 0 Å². The van der Waals surface area contributed by atoms with Crippen LogP contribution in [0.25, 0.3) is 0 Å². The fourth-order valence-corrected chi connectivity index (χ4v) is 2.28. The van der Waals surface area contributed by atoms with Gasteiger partial charge >= 0.3 is 5.97 Å². The second-order valence-corrected chi connectivity index (χ2v) is 5.24. The number of hydrogen-bond donors (Lipinski definition) is 1. The first kappa shape index (κ1) is 14.6. The van der Waals surface area contributed by atoms with E-state index in [1.54, 1.807) is 0 Å². The molecular weight excluding hydrogens is 226 g/mol. The number of hydrogen-bond acceptors (Lipinski definition) is 2. The van der Waals surface area contributed by atoms with Crippen molar-refractivity contribution in [2.75, 3.05) is 18.5 Å². The van der Waals surface area contributed by atoms with Crippen molar-refractivity contribution in [1.29, 1.82) is 0 Å². The van der Waals surface area contributed by atoms with Gasteiger partial charge in [0, 0.05) is 25.7 Å². The summed E-state index contributed by atoms with van der Waals surface area (Å²) in [5.41, 5.74) is 5.07. The molecular formula is C15H23NO2. The average molecular weight is 249 g/mol. The molecule has 0 radical (unpaired) electrons. The van der Waals surface area contributed by atoms with Crippen molar-refractivity contribution in [2.45, 2.75) is 34.1 Å². The molecule has 1 aromatic rings. The zero-order valence-electron chi connectivity index (χ0n) is 11.9. The molecule has 1 N–H and O–H groups in total. The number of aryl methyl sites for hydroxylation is 1. The first-order valence-electron chi connectivity index (χ1n) is 6.32. The maximum absolute atomic E-state index is 10.7. The number of aliphatic carboxylic acids is 1. The fraction of sp³-hybridized carbons (Fsp3) is 0.533. The highest BCUT2D eigenvalue weighted by Gasteiger charge is 2.13. The van der Waals surface area contributed by atoms with Crippen molar-refractivity contribution in [3.05, 3.63) is 28.8 Å². The molecule has 0 heterocycles. The number of carbonyl (C=O) groups is 1. The minimum atomic E-state index is -0.729. The van der Waals surface area contributed by atoms with E-state index in [2.05, 4.69) is 37.8 Å². The van der Waals surface area contributed by atoms with E-state index < -0.39 is 5.97 Å². The normalized spacial score (nSPS) is 12.3. The van der Waals surface area contributed by atoms with Gasteiger partial charge in [-0.2, -0.15) is 0 Å². The maximum atomic E-state index is 10.7. The van der Waals surface area contributed by atoms with Gasteiger partial charge < -0.3 is 10.0 Å². The van der Waals surface area contributed by atoms with E-state index in [1.165, 1.54) is 22.4 Å². The van der Waals surface area contributed by atoms with Crippen LogP contribution in [0.1, 0.15) is 30.0 Å². The topological polar surface area (TPSA) is 40.5 Å². The Bertz CT molecular complexity index is 440. The molecule has 0 saturated heterocycles. The predicted molar refractivity (Wildman–Crippen MR) is 75.3 cm³/mol.